The van der Waals surface area contributed by atoms with Gasteiger partial charge in [0.05, 0.1) is 5.69 Å². The number of hydrogen-bond donors (Lipinski definition) is 0. The molecule has 5 rings (SSSR count). The number of halogens is 1. The van der Waals surface area contributed by atoms with Gasteiger partial charge in [-0.05, 0) is 65.4 Å². The van der Waals surface area contributed by atoms with Crippen LogP contribution in [0.5, 0.6) is 0 Å². The highest BCUT2D eigenvalue weighted by Gasteiger charge is 2.17. The van der Waals surface area contributed by atoms with Crippen molar-refractivity contribution in [3.63, 3.8) is 0 Å². The lowest BCUT2D eigenvalue weighted by atomic mass is 9.96. The molecule has 0 fully saturated rings. The van der Waals surface area contributed by atoms with Crippen LogP contribution in [0.3, 0.4) is 0 Å². The summed E-state index contributed by atoms with van der Waals surface area (Å²) in [6, 6.07) is 40.8. The van der Waals surface area contributed by atoms with E-state index in [1.165, 1.54) is 33.2 Å². The summed E-state index contributed by atoms with van der Waals surface area (Å²) in [5.74, 6) is 0. The fraction of sp³-hybridized carbons (Fsp3) is 0.0345. The number of benzene rings is 5. The summed E-state index contributed by atoms with van der Waals surface area (Å²) in [4.78, 5) is 2.33. The number of hydrogen-bond acceptors (Lipinski definition) is 1. The van der Waals surface area contributed by atoms with Crippen LogP contribution in [0.1, 0.15) is 5.56 Å². The first kappa shape index (κ1) is 19.6. The Hall–Kier alpha value is -3.36. The molecule has 0 amide bonds. The molecule has 31 heavy (non-hydrogen) atoms. The molecule has 0 atom stereocenters. The molecular weight excluding hydrogens is 442 g/mol. The van der Waals surface area contributed by atoms with Gasteiger partial charge in [-0.15, -0.1) is 0 Å². The molecule has 2 heteroatoms. The molecule has 1 nitrogen and oxygen atoms in total. The zero-order chi connectivity index (χ0) is 21.2. The Balaban J connectivity index is 1.77. The van der Waals surface area contributed by atoms with Crippen molar-refractivity contribution in [3.8, 4) is 11.1 Å². The number of anilines is 3. The van der Waals surface area contributed by atoms with Crippen LogP contribution in [0, 0.1) is 6.92 Å². The number of nitrogens with zero attached hydrogens (tertiary/aromatic N) is 1. The molecule has 0 saturated heterocycles. The van der Waals surface area contributed by atoms with Gasteiger partial charge in [-0.1, -0.05) is 94.8 Å². The lowest BCUT2D eigenvalue weighted by molar-refractivity contribution is 1.30. The minimum absolute atomic E-state index is 1.12. The van der Waals surface area contributed by atoms with Crippen LogP contribution >= 0.6 is 15.9 Å². The summed E-state index contributed by atoms with van der Waals surface area (Å²) < 4.78 is 1.12. The van der Waals surface area contributed by atoms with E-state index in [0.717, 1.165) is 15.8 Å². The molecule has 0 unspecified atom stereocenters. The second-order valence-corrected chi connectivity index (χ2v) is 8.52. The van der Waals surface area contributed by atoms with E-state index in [0.29, 0.717) is 0 Å². The minimum Gasteiger partial charge on any atom is -0.310 e. The maximum Gasteiger partial charge on any atom is 0.0540 e. The summed E-state index contributed by atoms with van der Waals surface area (Å²) >= 11 is 3.78. The van der Waals surface area contributed by atoms with Gasteiger partial charge in [0.1, 0.15) is 0 Å². The van der Waals surface area contributed by atoms with E-state index in [1.807, 2.05) is 0 Å². The molecule has 0 bridgehead atoms. The van der Waals surface area contributed by atoms with Gasteiger partial charge in [-0.25, -0.2) is 0 Å². The number of aryl methyl sites for hydroxylation is 1. The van der Waals surface area contributed by atoms with Crippen molar-refractivity contribution >= 4 is 43.8 Å². The average molecular weight is 464 g/mol. The SMILES string of the molecule is Cc1ccc(-c2ccc(N(c3ccccc3)c3ccccc3)c3ccccc23)c(Br)c1. The highest BCUT2D eigenvalue weighted by Crippen LogP contribution is 2.42. The molecule has 0 saturated carbocycles. The van der Waals surface area contributed by atoms with Crippen LogP contribution in [-0.4, -0.2) is 0 Å². The molecule has 150 valence electrons. The monoisotopic (exact) mass is 463 g/mol. The van der Waals surface area contributed by atoms with Gasteiger partial charge >= 0.3 is 0 Å². The van der Waals surface area contributed by atoms with Crippen LogP contribution in [0.2, 0.25) is 0 Å². The van der Waals surface area contributed by atoms with Crippen molar-refractivity contribution in [2.75, 3.05) is 4.90 Å². The van der Waals surface area contributed by atoms with Crippen LogP contribution in [-0.2, 0) is 0 Å². The number of para-hydroxylation sites is 2. The van der Waals surface area contributed by atoms with Crippen molar-refractivity contribution in [2.24, 2.45) is 0 Å². The fourth-order valence-electron chi connectivity index (χ4n) is 4.13. The molecule has 0 radical (unpaired) electrons. The number of fused-ring (bicyclic) bond motifs is 1. The van der Waals surface area contributed by atoms with Gasteiger partial charge in [-0.3, -0.25) is 0 Å². The molecule has 5 aromatic carbocycles. The van der Waals surface area contributed by atoms with Crippen molar-refractivity contribution in [1.29, 1.82) is 0 Å². The van der Waals surface area contributed by atoms with E-state index >= 15 is 0 Å². The van der Waals surface area contributed by atoms with Crippen LogP contribution in [0.15, 0.2) is 120 Å². The smallest absolute Gasteiger partial charge is 0.0540 e. The highest BCUT2D eigenvalue weighted by molar-refractivity contribution is 9.10. The first-order chi connectivity index (χ1) is 15.2. The predicted octanol–water partition coefficient (Wildman–Crippen LogP) is 9.05. The molecule has 5 aromatic rings. The lowest BCUT2D eigenvalue weighted by Crippen LogP contribution is -2.10. The molecule has 0 N–H and O–H groups in total. The van der Waals surface area contributed by atoms with E-state index in [1.54, 1.807) is 0 Å². The van der Waals surface area contributed by atoms with Gasteiger partial charge in [0.25, 0.3) is 0 Å². The molecule has 0 aromatic heterocycles. The second kappa shape index (κ2) is 8.41. The van der Waals surface area contributed by atoms with Crippen LogP contribution < -0.4 is 4.90 Å². The maximum absolute atomic E-state index is 3.78. The van der Waals surface area contributed by atoms with Crippen LogP contribution in [0.25, 0.3) is 21.9 Å². The van der Waals surface area contributed by atoms with E-state index in [9.17, 15) is 0 Å². The fourth-order valence-corrected chi connectivity index (χ4v) is 4.84. The Bertz CT molecular complexity index is 1300. The molecule has 0 aliphatic carbocycles. The summed E-state index contributed by atoms with van der Waals surface area (Å²) in [5, 5.41) is 2.46. The van der Waals surface area contributed by atoms with Crippen molar-refractivity contribution < 1.29 is 0 Å². The second-order valence-electron chi connectivity index (χ2n) is 7.67. The van der Waals surface area contributed by atoms with Gasteiger partial charge in [-0.2, -0.15) is 0 Å². The third kappa shape index (κ3) is 3.75. The zero-order valence-electron chi connectivity index (χ0n) is 17.3. The van der Waals surface area contributed by atoms with E-state index in [2.05, 4.69) is 143 Å². The number of rotatable bonds is 4. The van der Waals surface area contributed by atoms with Gasteiger partial charge in [0.15, 0.2) is 0 Å². The molecule has 0 spiro atoms. The summed E-state index contributed by atoms with van der Waals surface area (Å²) in [6.45, 7) is 2.12. The van der Waals surface area contributed by atoms with Crippen molar-refractivity contribution in [2.45, 2.75) is 6.92 Å². The molecule has 0 aliphatic rings. The Morgan fingerprint density at radius 1 is 0.548 bits per heavy atom. The molecular formula is C29H22BrN. The zero-order valence-corrected chi connectivity index (χ0v) is 18.9. The van der Waals surface area contributed by atoms with Crippen LogP contribution in [0.4, 0.5) is 17.1 Å². The Kier molecular flexibility index (Phi) is 5.31. The average Bonchev–Trinajstić information content (AvgIpc) is 2.81. The van der Waals surface area contributed by atoms with Crippen molar-refractivity contribution in [3.05, 3.63) is 125 Å². The summed E-state index contributed by atoms with van der Waals surface area (Å²) in [5.41, 5.74) is 7.13. The van der Waals surface area contributed by atoms with Gasteiger partial charge in [0, 0.05) is 21.2 Å². The normalized spacial score (nSPS) is 10.9. The quantitative estimate of drug-likeness (QED) is 0.256. The Morgan fingerprint density at radius 3 is 1.71 bits per heavy atom. The van der Waals surface area contributed by atoms with E-state index < -0.39 is 0 Å². The first-order valence-corrected chi connectivity index (χ1v) is 11.2. The largest absolute Gasteiger partial charge is 0.310 e. The molecule has 0 heterocycles. The van der Waals surface area contributed by atoms with E-state index in [4.69, 9.17) is 0 Å². The predicted molar refractivity (Wildman–Crippen MR) is 137 cm³/mol. The highest BCUT2D eigenvalue weighted by atomic mass is 79.9. The third-order valence-corrected chi connectivity index (χ3v) is 6.24. The van der Waals surface area contributed by atoms with Crippen molar-refractivity contribution in [1.82, 2.24) is 0 Å². The lowest BCUT2D eigenvalue weighted by Gasteiger charge is -2.27. The Morgan fingerprint density at radius 2 is 1.10 bits per heavy atom. The van der Waals surface area contributed by atoms with Gasteiger partial charge in [0.2, 0.25) is 0 Å². The molecule has 0 aliphatic heterocycles. The first-order valence-electron chi connectivity index (χ1n) is 10.4. The maximum atomic E-state index is 3.78. The third-order valence-electron chi connectivity index (χ3n) is 5.59. The van der Waals surface area contributed by atoms with Gasteiger partial charge < -0.3 is 4.90 Å². The van der Waals surface area contributed by atoms with E-state index in [-0.39, 0.29) is 0 Å². The minimum atomic E-state index is 1.12. The summed E-state index contributed by atoms with van der Waals surface area (Å²) in [7, 11) is 0. The Labute approximate surface area is 191 Å². The summed E-state index contributed by atoms with van der Waals surface area (Å²) in [6.07, 6.45) is 0. The topological polar surface area (TPSA) is 3.24 Å². The standard InChI is InChI=1S/C29H22BrN/c1-21-16-17-26(28(30)20-21)25-18-19-29(27-15-9-8-14-24(25)27)31(22-10-4-2-5-11-22)23-12-6-3-7-13-23/h2-20H,1H3.